The van der Waals surface area contributed by atoms with Crippen LogP contribution in [0.5, 0.6) is 11.5 Å². The van der Waals surface area contributed by atoms with Gasteiger partial charge in [0.25, 0.3) is 0 Å². The molecule has 0 spiro atoms. The van der Waals surface area contributed by atoms with E-state index >= 15 is 0 Å². The Morgan fingerprint density at radius 2 is 1.82 bits per heavy atom. The van der Waals surface area contributed by atoms with Crippen molar-refractivity contribution in [3.05, 3.63) is 48.0 Å². The summed E-state index contributed by atoms with van der Waals surface area (Å²) in [7, 11) is 3.10. The van der Waals surface area contributed by atoms with Gasteiger partial charge in [0, 0.05) is 42.9 Å². The summed E-state index contributed by atoms with van der Waals surface area (Å²) in [6.45, 7) is 3.03. The lowest BCUT2D eigenvalue weighted by atomic mass is 10.1. The highest BCUT2D eigenvalue weighted by Crippen LogP contribution is 2.29. The normalized spacial score (nSPS) is 16.0. The highest BCUT2D eigenvalue weighted by Gasteiger charge is 2.30. The Hall–Kier alpha value is -3.22. The number of aryl methyl sites for hydroxylation is 1. The zero-order valence-electron chi connectivity index (χ0n) is 16.3. The number of amides is 3. The predicted octanol–water partition coefficient (Wildman–Crippen LogP) is 3.19. The van der Waals surface area contributed by atoms with Gasteiger partial charge in [0.1, 0.15) is 0 Å². The number of anilines is 2. The number of rotatable bonds is 6. The summed E-state index contributed by atoms with van der Waals surface area (Å²) >= 11 is 0. The van der Waals surface area contributed by atoms with E-state index in [1.54, 1.807) is 37.3 Å². The number of ether oxygens (including phenoxy) is 2. The predicted molar refractivity (Wildman–Crippen MR) is 108 cm³/mol. The molecule has 1 unspecified atom stereocenters. The molecule has 0 radical (unpaired) electrons. The van der Waals surface area contributed by atoms with E-state index in [0.29, 0.717) is 36.7 Å². The Bertz CT molecular complexity index is 851. The molecule has 0 bridgehead atoms. The smallest absolute Gasteiger partial charge is 0.319 e. The minimum absolute atomic E-state index is 0.0740. The molecule has 1 saturated heterocycles. The van der Waals surface area contributed by atoms with Crippen molar-refractivity contribution in [3.8, 4) is 11.5 Å². The van der Waals surface area contributed by atoms with Crippen LogP contribution in [0.4, 0.5) is 16.2 Å². The van der Waals surface area contributed by atoms with E-state index in [9.17, 15) is 9.59 Å². The zero-order chi connectivity index (χ0) is 20.1. The van der Waals surface area contributed by atoms with Crippen LogP contribution in [0.3, 0.4) is 0 Å². The molecule has 0 saturated carbocycles. The van der Waals surface area contributed by atoms with Gasteiger partial charge in [-0.1, -0.05) is 17.7 Å². The molecule has 1 atom stereocenters. The van der Waals surface area contributed by atoms with Crippen LogP contribution in [-0.4, -0.2) is 39.2 Å². The van der Waals surface area contributed by atoms with Gasteiger partial charge in [-0.25, -0.2) is 4.79 Å². The maximum Gasteiger partial charge on any atom is 0.319 e. The molecule has 2 N–H and O–H groups in total. The Morgan fingerprint density at radius 3 is 2.50 bits per heavy atom. The second-order valence-electron chi connectivity index (χ2n) is 6.81. The Morgan fingerprint density at radius 1 is 1.11 bits per heavy atom. The second-order valence-corrected chi connectivity index (χ2v) is 6.81. The summed E-state index contributed by atoms with van der Waals surface area (Å²) in [6.07, 6.45) is 0.421. The first-order chi connectivity index (χ1) is 13.5. The number of hydrogen-bond acceptors (Lipinski definition) is 4. The molecular weight excluding hydrogens is 358 g/mol. The lowest BCUT2D eigenvalue weighted by Crippen LogP contribution is -2.34. The standard InChI is InChI=1S/C21H25N3O4/c1-14-4-7-17(8-5-14)24-13-15(10-20(24)25)12-22-21(26)23-16-6-9-18(27-2)19(11-16)28-3/h4-9,11,15H,10,12-13H2,1-3H3,(H2,22,23,26). The van der Waals surface area contributed by atoms with Gasteiger partial charge < -0.3 is 25.0 Å². The summed E-state index contributed by atoms with van der Waals surface area (Å²) in [4.78, 5) is 26.3. The Balaban J connectivity index is 1.52. The molecule has 1 aliphatic rings. The van der Waals surface area contributed by atoms with Crippen molar-refractivity contribution >= 4 is 23.3 Å². The van der Waals surface area contributed by atoms with E-state index in [4.69, 9.17) is 9.47 Å². The van der Waals surface area contributed by atoms with Crippen LogP contribution in [0.25, 0.3) is 0 Å². The number of nitrogens with zero attached hydrogens (tertiary/aromatic N) is 1. The SMILES string of the molecule is COc1ccc(NC(=O)NCC2CC(=O)N(c3ccc(C)cc3)C2)cc1OC. The van der Waals surface area contributed by atoms with Crippen LogP contribution in [-0.2, 0) is 4.79 Å². The van der Waals surface area contributed by atoms with Crippen molar-refractivity contribution in [1.29, 1.82) is 0 Å². The van der Waals surface area contributed by atoms with Gasteiger partial charge in [-0.2, -0.15) is 0 Å². The number of carbonyl (C=O) groups is 2. The Labute approximate surface area is 164 Å². The van der Waals surface area contributed by atoms with Crippen molar-refractivity contribution in [2.75, 3.05) is 37.5 Å². The Kier molecular flexibility index (Phi) is 6.03. The van der Waals surface area contributed by atoms with Crippen molar-refractivity contribution in [2.45, 2.75) is 13.3 Å². The minimum Gasteiger partial charge on any atom is -0.493 e. The molecule has 0 aromatic heterocycles. The van der Waals surface area contributed by atoms with Crippen LogP contribution in [0.1, 0.15) is 12.0 Å². The topological polar surface area (TPSA) is 79.9 Å². The fraction of sp³-hybridized carbons (Fsp3) is 0.333. The summed E-state index contributed by atoms with van der Waals surface area (Å²) in [5, 5.41) is 5.61. The molecular formula is C21H25N3O4. The number of hydrogen-bond donors (Lipinski definition) is 2. The summed E-state index contributed by atoms with van der Waals surface area (Å²) in [6, 6.07) is 12.7. The summed E-state index contributed by atoms with van der Waals surface area (Å²) in [5.74, 6) is 1.28. The molecule has 0 aliphatic carbocycles. The molecule has 1 aliphatic heterocycles. The van der Waals surface area contributed by atoms with Crippen LogP contribution in [0.15, 0.2) is 42.5 Å². The van der Waals surface area contributed by atoms with E-state index in [1.165, 1.54) is 0 Å². The van der Waals surface area contributed by atoms with Gasteiger partial charge in [-0.15, -0.1) is 0 Å². The fourth-order valence-corrected chi connectivity index (χ4v) is 3.22. The molecule has 7 nitrogen and oxygen atoms in total. The lowest BCUT2D eigenvalue weighted by Gasteiger charge is -2.17. The zero-order valence-corrected chi connectivity index (χ0v) is 16.3. The molecule has 2 aromatic rings. The van der Waals surface area contributed by atoms with E-state index in [0.717, 1.165) is 11.3 Å². The third kappa shape index (κ3) is 4.54. The monoisotopic (exact) mass is 383 g/mol. The number of carbonyl (C=O) groups excluding carboxylic acids is 2. The van der Waals surface area contributed by atoms with Crippen molar-refractivity contribution in [1.82, 2.24) is 5.32 Å². The third-order valence-corrected chi connectivity index (χ3v) is 4.74. The van der Waals surface area contributed by atoms with Crippen LogP contribution >= 0.6 is 0 Å². The molecule has 28 heavy (non-hydrogen) atoms. The summed E-state index contributed by atoms with van der Waals surface area (Å²) < 4.78 is 10.4. The molecule has 3 rings (SSSR count). The molecule has 3 amide bonds. The lowest BCUT2D eigenvalue weighted by molar-refractivity contribution is -0.117. The van der Waals surface area contributed by atoms with E-state index in [1.807, 2.05) is 31.2 Å². The van der Waals surface area contributed by atoms with Gasteiger partial charge >= 0.3 is 6.03 Å². The molecule has 148 valence electrons. The van der Waals surface area contributed by atoms with Crippen LogP contribution in [0, 0.1) is 12.8 Å². The van der Waals surface area contributed by atoms with E-state index in [-0.39, 0.29) is 17.9 Å². The first-order valence-corrected chi connectivity index (χ1v) is 9.14. The minimum atomic E-state index is -0.326. The highest BCUT2D eigenvalue weighted by atomic mass is 16.5. The van der Waals surface area contributed by atoms with E-state index < -0.39 is 0 Å². The first-order valence-electron chi connectivity index (χ1n) is 9.14. The highest BCUT2D eigenvalue weighted by molar-refractivity contribution is 5.96. The van der Waals surface area contributed by atoms with Crippen molar-refractivity contribution < 1.29 is 19.1 Å². The molecule has 7 heteroatoms. The quantitative estimate of drug-likeness (QED) is 0.803. The summed E-state index contributed by atoms with van der Waals surface area (Å²) in [5.41, 5.74) is 2.65. The average molecular weight is 383 g/mol. The number of nitrogens with one attached hydrogen (secondary N) is 2. The first kappa shape index (κ1) is 19.5. The number of urea groups is 1. The molecule has 1 heterocycles. The van der Waals surface area contributed by atoms with Gasteiger partial charge in [-0.05, 0) is 31.2 Å². The van der Waals surface area contributed by atoms with Gasteiger partial charge in [0.05, 0.1) is 14.2 Å². The van der Waals surface area contributed by atoms with Gasteiger partial charge in [-0.3, -0.25) is 4.79 Å². The number of benzene rings is 2. The van der Waals surface area contributed by atoms with Gasteiger partial charge in [0.15, 0.2) is 11.5 Å². The van der Waals surface area contributed by atoms with Gasteiger partial charge in [0.2, 0.25) is 5.91 Å². The largest absolute Gasteiger partial charge is 0.493 e. The third-order valence-electron chi connectivity index (χ3n) is 4.74. The second kappa shape index (κ2) is 8.65. The fourth-order valence-electron chi connectivity index (χ4n) is 3.22. The maximum absolute atomic E-state index is 12.3. The van der Waals surface area contributed by atoms with Crippen molar-refractivity contribution in [2.24, 2.45) is 5.92 Å². The van der Waals surface area contributed by atoms with Crippen molar-refractivity contribution in [3.63, 3.8) is 0 Å². The maximum atomic E-state index is 12.3. The van der Waals surface area contributed by atoms with Crippen LogP contribution < -0.4 is 25.0 Å². The molecule has 2 aromatic carbocycles. The average Bonchev–Trinajstić information content (AvgIpc) is 3.07. The van der Waals surface area contributed by atoms with E-state index in [2.05, 4.69) is 10.6 Å². The van der Waals surface area contributed by atoms with Crippen LogP contribution in [0.2, 0.25) is 0 Å². The molecule has 1 fully saturated rings. The number of methoxy groups -OCH3 is 2.